The Labute approximate surface area is 185 Å². The molecule has 11 heteroatoms. The van der Waals surface area contributed by atoms with Crippen LogP contribution in [0.3, 0.4) is 0 Å². The largest absolute Gasteiger partial charge is 0.479 e. The van der Waals surface area contributed by atoms with Gasteiger partial charge in [-0.2, -0.15) is 0 Å². The number of benzene rings is 1. The fourth-order valence-electron chi connectivity index (χ4n) is 2.19. The first-order valence-electron chi connectivity index (χ1n) is 9.26. The van der Waals surface area contributed by atoms with Gasteiger partial charge in [-0.1, -0.05) is 48.2 Å². The summed E-state index contributed by atoms with van der Waals surface area (Å²) in [5.41, 5.74) is -0.490. The molecule has 162 valence electrons. The van der Waals surface area contributed by atoms with Crippen molar-refractivity contribution in [2.75, 3.05) is 5.32 Å². The van der Waals surface area contributed by atoms with Crippen LogP contribution in [0.2, 0.25) is 0 Å². The standard InChI is InChI=1S/C20H19N3O6S2/c1-3-17(25)21-19-22-23-20(31-19)30-11-14-9-15(24)16(10-27-14)29-18(26)12(2)28-13-7-5-4-6-8-13/h4-10,12H,3,11H2,1-2H3,(H,21,22,25)/t12-/m0/s1. The maximum absolute atomic E-state index is 12.3. The minimum Gasteiger partial charge on any atom is -0.479 e. The molecule has 0 aliphatic carbocycles. The molecule has 2 aromatic heterocycles. The Morgan fingerprint density at radius 2 is 2.03 bits per heavy atom. The fraction of sp³-hybridized carbons (Fsp3) is 0.250. The van der Waals surface area contributed by atoms with Gasteiger partial charge < -0.3 is 19.2 Å². The predicted molar refractivity (Wildman–Crippen MR) is 116 cm³/mol. The number of nitrogens with zero attached hydrogens (tertiary/aromatic N) is 2. The third-order valence-electron chi connectivity index (χ3n) is 3.76. The van der Waals surface area contributed by atoms with Crippen molar-refractivity contribution >= 4 is 40.1 Å². The zero-order valence-corrected chi connectivity index (χ0v) is 18.3. The molecule has 0 aliphatic rings. The van der Waals surface area contributed by atoms with Gasteiger partial charge in [-0.15, -0.1) is 10.2 Å². The van der Waals surface area contributed by atoms with E-state index in [9.17, 15) is 14.4 Å². The number of aromatic nitrogens is 2. The van der Waals surface area contributed by atoms with Crippen molar-refractivity contribution in [1.29, 1.82) is 0 Å². The maximum atomic E-state index is 12.3. The fourth-order valence-corrected chi connectivity index (χ4v) is 3.85. The smallest absolute Gasteiger partial charge is 0.352 e. The predicted octanol–water partition coefficient (Wildman–Crippen LogP) is 3.51. The molecule has 3 aromatic rings. The van der Waals surface area contributed by atoms with E-state index in [1.54, 1.807) is 31.2 Å². The van der Waals surface area contributed by atoms with Crippen molar-refractivity contribution in [3.05, 3.63) is 58.6 Å². The van der Waals surface area contributed by atoms with E-state index in [0.29, 0.717) is 33.2 Å². The van der Waals surface area contributed by atoms with Crippen molar-refractivity contribution in [2.24, 2.45) is 0 Å². The molecule has 0 aliphatic heterocycles. The lowest BCUT2D eigenvalue weighted by molar-refractivity contribution is -0.141. The van der Waals surface area contributed by atoms with Gasteiger partial charge in [0.15, 0.2) is 10.4 Å². The van der Waals surface area contributed by atoms with E-state index in [1.165, 1.54) is 36.1 Å². The number of carbonyl (C=O) groups excluding carboxylic acids is 2. The Balaban J connectivity index is 1.54. The summed E-state index contributed by atoms with van der Waals surface area (Å²) in [6.45, 7) is 3.27. The maximum Gasteiger partial charge on any atom is 0.352 e. The van der Waals surface area contributed by atoms with E-state index in [2.05, 4.69) is 15.5 Å². The van der Waals surface area contributed by atoms with Gasteiger partial charge in [0.1, 0.15) is 17.8 Å². The van der Waals surface area contributed by atoms with E-state index in [-0.39, 0.29) is 11.7 Å². The van der Waals surface area contributed by atoms with Gasteiger partial charge in [-0.3, -0.25) is 9.59 Å². The first kappa shape index (κ1) is 22.5. The summed E-state index contributed by atoms with van der Waals surface area (Å²) in [4.78, 5) is 35.8. The van der Waals surface area contributed by atoms with Crippen molar-refractivity contribution in [1.82, 2.24) is 10.2 Å². The number of anilines is 1. The van der Waals surface area contributed by atoms with Gasteiger partial charge in [-0.05, 0) is 19.1 Å². The second kappa shape index (κ2) is 10.7. The highest BCUT2D eigenvalue weighted by atomic mass is 32.2. The molecule has 0 radical (unpaired) electrons. The van der Waals surface area contributed by atoms with Crippen LogP contribution < -0.4 is 20.2 Å². The van der Waals surface area contributed by atoms with Gasteiger partial charge in [-0.25, -0.2) is 4.79 Å². The Bertz CT molecular complexity index is 1100. The molecule has 3 rings (SSSR count). The van der Waals surface area contributed by atoms with Crippen LogP contribution in [-0.2, 0) is 15.3 Å². The Morgan fingerprint density at radius 3 is 2.74 bits per heavy atom. The lowest BCUT2D eigenvalue weighted by atomic mass is 10.3. The SMILES string of the molecule is CCC(=O)Nc1nnc(SCc2cc(=O)c(OC(=O)[C@H](C)Oc3ccccc3)co2)s1. The summed E-state index contributed by atoms with van der Waals surface area (Å²) in [6, 6.07) is 10.1. The molecule has 0 saturated carbocycles. The van der Waals surface area contributed by atoms with Crippen LogP contribution in [0, 0.1) is 0 Å². The highest BCUT2D eigenvalue weighted by molar-refractivity contribution is 8.00. The third kappa shape index (κ3) is 6.66. The van der Waals surface area contributed by atoms with E-state index in [0.717, 1.165) is 6.26 Å². The van der Waals surface area contributed by atoms with Gasteiger partial charge in [0.2, 0.25) is 22.2 Å². The van der Waals surface area contributed by atoms with Crippen LogP contribution in [0.1, 0.15) is 26.0 Å². The molecule has 1 amide bonds. The molecule has 0 fully saturated rings. The molecule has 1 N–H and O–H groups in total. The van der Waals surface area contributed by atoms with Gasteiger partial charge in [0.05, 0.1) is 5.75 Å². The van der Waals surface area contributed by atoms with Gasteiger partial charge in [0, 0.05) is 12.5 Å². The summed E-state index contributed by atoms with van der Waals surface area (Å²) in [5.74, 6) is 0.120. The molecule has 1 aromatic carbocycles. The number of para-hydroxylation sites is 1. The number of hydrogen-bond donors (Lipinski definition) is 1. The van der Waals surface area contributed by atoms with Crippen LogP contribution in [0.5, 0.6) is 11.5 Å². The zero-order chi connectivity index (χ0) is 22.2. The van der Waals surface area contributed by atoms with Crippen molar-refractivity contribution in [3.63, 3.8) is 0 Å². The number of nitrogens with one attached hydrogen (secondary N) is 1. The molecule has 0 spiro atoms. The minimum absolute atomic E-state index is 0.146. The second-order valence-electron chi connectivity index (χ2n) is 6.13. The lowest BCUT2D eigenvalue weighted by Crippen LogP contribution is -2.29. The van der Waals surface area contributed by atoms with Crippen LogP contribution in [-0.4, -0.2) is 28.2 Å². The van der Waals surface area contributed by atoms with Gasteiger partial charge >= 0.3 is 5.97 Å². The van der Waals surface area contributed by atoms with Crippen molar-refractivity contribution < 1.29 is 23.5 Å². The van der Waals surface area contributed by atoms with E-state index >= 15 is 0 Å². The quantitative estimate of drug-likeness (QED) is 0.290. The Morgan fingerprint density at radius 1 is 1.26 bits per heavy atom. The third-order valence-corrected chi connectivity index (χ3v) is 5.76. The summed E-state index contributed by atoms with van der Waals surface area (Å²) >= 11 is 2.52. The number of rotatable bonds is 9. The lowest BCUT2D eigenvalue weighted by Gasteiger charge is -2.13. The molecule has 1 atom stereocenters. The van der Waals surface area contributed by atoms with Crippen molar-refractivity contribution in [2.45, 2.75) is 36.5 Å². The number of carbonyl (C=O) groups is 2. The number of thioether (sulfide) groups is 1. The highest BCUT2D eigenvalue weighted by Crippen LogP contribution is 2.28. The highest BCUT2D eigenvalue weighted by Gasteiger charge is 2.19. The molecule has 0 unspecified atom stereocenters. The first-order valence-corrected chi connectivity index (χ1v) is 11.1. The summed E-state index contributed by atoms with van der Waals surface area (Å²) in [6.07, 6.45) is 0.538. The molecule has 9 nitrogen and oxygen atoms in total. The second-order valence-corrected chi connectivity index (χ2v) is 8.33. The monoisotopic (exact) mass is 461 g/mol. The number of amides is 1. The van der Waals surface area contributed by atoms with Crippen LogP contribution in [0.4, 0.5) is 5.13 Å². The molecule has 2 heterocycles. The van der Waals surface area contributed by atoms with Crippen molar-refractivity contribution in [3.8, 4) is 11.5 Å². The topological polar surface area (TPSA) is 121 Å². The van der Waals surface area contributed by atoms with Crippen LogP contribution in [0.15, 0.2) is 56.2 Å². The number of esters is 1. The molecular weight excluding hydrogens is 442 g/mol. The average Bonchev–Trinajstić information content (AvgIpc) is 3.21. The zero-order valence-electron chi connectivity index (χ0n) is 16.7. The molecular formula is C20H19N3O6S2. The first-order chi connectivity index (χ1) is 14.9. The minimum atomic E-state index is -0.906. The summed E-state index contributed by atoms with van der Waals surface area (Å²) < 4.78 is 16.6. The van der Waals surface area contributed by atoms with Crippen LogP contribution >= 0.6 is 23.1 Å². The Hall–Kier alpha value is -3.18. The number of ether oxygens (including phenoxy) is 2. The van der Waals surface area contributed by atoms with Gasteiger partial charge in [0.25, 0.3) is 0 Å². The summed E-state index contributed by atoms with van der Waals surface area (Å²) in [5, 5.41) is 10.9. The van der Waals surface area contributed by atoms with E-state index in [4.69, 9.17) is 13.9 Å². The average molecular weight is 462 g/mol. The summed E-state index contributed by atoms with van der Waals surface area (Å²) in [7, 11) is 0. The molecule has 0 bridgehead atoms. The van der Waals surface area contributed by atoms with E-state index in [1.807, 2.05) is 6.07 Å². The molecule has 0 saturated heterocycles. The Kier molecular flexibility index (Phi) is 7.79. The molecule has 31 heavy (non-hydrogen) atoms. The number of hydrogen-bond acceptors (Lipinski definition) is 10. The normalized spacial score (nSPS) is 11.5. The van der Waals surface area contributed by atoms with E-state index < -0.39 is 17.5 Å². The van der Waals surface area contributed by atoms with Crippen LogP contribution in [0.25, 0.3) is 0 Å².